The fraction of sp³-hybridized carbons (Fsp3) is 0.500. The molecular formula is C14H16FN3. The molecule has 1 heterocycles. The molecule has 1 saturated heterocycles. The summed E-state index contributed by atoms with van der Waals surface area (Å²) < 4.78 is 13.4. The first-order valence-corrected chi connectivity index (χ1v) is 6.41. The van der Waals surface area contributed by atoms with Gasteiger partial charge >= 0.3 is 0 Å². The molecule has 2 unspecified atom stereocenters. The van der Waals surface area contributed by atoms with Gasteiger partial charge in [0.15, 0.2) is 0 Å². The first-order valence-electron chi connectivity index (χ1n) is 6.41. The Morgan fingerprint density at radius 2 is 2.11 bits per heavy atom. The molecule has 2 fully saturated rings. The quantitative estimate of drug-likeness (QED) is 0.866. The van der Waals surface area contributed by atoms with Crippen molar-refractivity contribution in [2.75, 3.05) is 6.54 Å². The van der Waals surface area contributed by atoms with Gasteiger partial charge in [0.2, 0.25) is 0 Å². The van der Waals surface area contributed by atoms with Gasteiger partial charge < -0.3 is 5.73 Å². The zero-order chi connectivity index (χ0) is 12.7. The number of likely N-dealkylation sites (tertiary alicyclic amines) is 1. The maximum absolute atomic E-state index is 13.4. The first kappa shape index (κ1) is 11.6. The number of hydrogen-bond acceptors (Lipinski definition) is 3. The van der Waals surface area contributed by atoms with Crippen molar-refractivity contribution in [1.29, 1.82) is 5.26 Å². The van der Waals surface area contributed by atoms with Crippen molar-refractivity contribution in [1.82, 2.24) is 4.90 Å². The smallest absolute Gasteiger partial charge is 0.140 e. The van der Waals surface area contributed by atoms with Crippen LogP contribution < -0.4 is 5.73 Å². The van der Waals surface area contributed by atoms with Crippen molar-refractivity contribution in [2.24, 2.45) is 5.73 Å². The number of nitriles is 1. The third kappa shape index (κ3) is 1.90. The molecule has 2 aliphatic rings. The highest BCUT2D eigenvalue weighted by Gasteiger charge is 2.41. The average molecular weight is 245 g/mol. The van der Waals surface area contributed by atoms with Crippen molar-refractivity contribution >= 4 is 0 Å². The van der Waals surface area contributed by atoms with Crippen LogP contribution in [-0.4, -0.2) is 23.5 Å². The largest absolute Gasteiger partial charge is 0.326 e. The molecule has 3 rings (SSSR count). The molecule has 2 N–H and O–H groups in total. The summed E-state index contributed by atoms with van der Waals surface area (Å²) in [6.07, 6.45) is 3.44. The Kier molecular flexibility index (Phi) is 2.81. The summed E-state index contributed by atoms with van der Waals surface area (Å²) in [5.74, 6) is -0.453. The Balaban J connectivity index is 1.95. The number of benzene rings is 1. The second kappa shape index (κ2) is 4.34. The third-order valence-corrected chi connectivity index (χ3v) is 3.95. The Morgan fingerprint density at radius 3 is 2.78 bits per heavy atom. The number of hydrogen-bond donors (Lipinski definition) is 1. The van der Waals surface area contributed by atoms with E-state index in [2.05, 4.69) is 4.90 Å². The van der Waals surface area contributed by atoms with E-state index in [9.17, 15) is 4.39 Å². The molecule has 0 spiro atoms. The molecule has 94 valence electrons. The first-order chi connectivity index (χ1) is 8.70. The topological polar surface area (TPSA) is 53.1 Å². The second-order valence-corrected chi connectivity index (χ2v) is 5.22. The van der Waals surface area contributed by atoms with Crippen LogP contribution >= 0.6 is 0 Å². The zero-order valence-corrected chi connectivity index (χ0v) is 10.1. The van der Waals surface area contributed by atoms with Crippen LogP contribution in [0, 0.1) is 17.1 Å². The van der Waals surface area contributed by atoms with E-state index in [1.54, 1.807) is 12.1 Å². The minimum atomic E-state index is -0.453. The normalized spacial score (nSPS) is 28.3. The minimum absolute atomic E-state index is 0.0857. The van der Waals surface area contributed by atoms with Crippen molar-refractivity contribution in [3.8, 4) is 6.07 Å². The summed E-state index contributed by atoms with van der Waals surface area (Å²) >= 11 is 0. The molecule has 1 aromatic carbocycles. The average Bonchev–Trinajstić information content (AvgIpc) is 3.14. The van der Waals surface area contributed by atoms with Crippen molar-refractivity contribution in [3.05, 3.63) is 35.1 Å². The van der Waals surface area contributed by atoms with E-state index in [-0.39, 0.29) is 17.6 Å². The lowest BCUT2D eigenvalue weighted by Crippen LogP contribution is -2.33. The summed E-state index contributed by atoms with van der Waals surface area (Å²) in [5, 5.41) is 8.90. The van der Waals surface area contributed by atoms with Gasteiger partial charge in [-0.15, -0.1) is 0 Å². The maximum atomic E-state index is 13.4. The molecule has 0 bridgehead atoms. The van der Waals surface area contributed by atoms with E-state index < -0.39 is 5.82 Å². The van der Waals surface area contributed by atoms with Gasteiger partial charge in [-0.05, 0) is 37.0 Å². The molecule has 0 amide bonds. The van der Waals surface area contributed by atoms with Gasteiger partial charge in [-0.1, -0.05) is 6.07 Å². The molecule has 3 nitrogen and oxygen atoms in total. The Labute approximate surface area is 106 Å². The van der Waals surface area contributed by atoms with Gasteiger partial charge in [0.1, 0.15) is 11.9 Å². The zero-order valence-electron chi connectivity index (χ0n) is 10.1. The van der Waals surface area contributed by atoms with Crippen molar-refractivity contribution < 1.29 is 4.39 Å². The third-order valence-electron chi connectivity index (χ3n) is 3.95. The number of rotatable bonds is 2. The van der Waals surface area contributed by atoms with E-state index in [0.717, 1.165) is 18.5 Å². The van der Waals surface area contributed by atoms with Gasteiger partial charge in [-0.25, -0.2) is 4.39 Å². The van der Waals surface area contributed by atoms with Gasteiger partial charge in [0, 0.05) is 18.6 Å². The predicted molar refractivity (Wildman–Crippen MR) is 66.2 cm³/mol. The Bertz CT molecular complexity index is 504. The fourth-order valence-electron chi connectivity index (χ4n) is 2.91. The van der Waals surface area contributed by atoms with E-state index >= 15 is 0 Å². The van der Waals surface area contributed by atoms with Gasteiger partial charge in [0.05, 0.1) is 11.6 Å². The Morgan fingerprint density at radius 1 is 1.33 bits per heavy atom. The summed E-state index contributed by atoms with van der Waals surface area (Å²) in [4.78, 5) is 2.42. The monoisotopic (exact) mass is 245 g/mol. The summed E-state index contributed by atoms with van der Waals surface area (Å²) in [6, 6.07) is 7.56. The van der Waals surface area contributed by atoms with Crippen LogP contribution in [0.15, 0.2) is 18.2 Å². The molecule has 1 aliphatic carbocycles. The molecule has 1 saturated carbocycles. The highest BCUT2D eigenvalue weighted by Crippen LogP contribution is 2.40. The molecule has 1 aromatic rings. The fourth-order valence-corrected chi connectivity index (χ4v) is 2.91. The molecule has 18 heavy (non-hydrogen) atoms. The van der Waals surface area contributed by atoms with Gasteiger partial charge in [0.25, 0.3) is 0 Å². The molecule has 2 atom stereocenters. The predicted octanol–water partition coefficient (Wildman–Crippen LogP) is 1.93. The van der Waals surface area contributed by atoms with Gasteiger partial charge in [-0.2, -0.15) is 5.26 Å². The highest BCUT2D eigenvalue weighted by molar-refractivity contribution is 5.36. The number of nitrogens with two attached hydrogens (primary N) is 1. The van der Waals surface area contributed by atoms with E-state index in [4.69, 9.17) is 11.0 Å². The molecule has 0 radical (unpaired) electrons. The molecular weight excluding hydrogens is 229 g/mol. The van der Waals surface area contributed by atoms with Crippen LogP contribution in [0.3, 0.4) is 0 Å². The van der Waals surface area contributed by atoms with E-state index in [1.165, 1.54) is 18.9 Å². The number of halogens is 1. The maximum Gasteiger partial charge on any atom is 0.140 e. The molecule has 1 aliphatic heterocycles. The van der Waals surface area contributed by atoms with Crippen molar-refractivity contribution in [2.45, 2.75) is 37.4 Å². The summed E-state index contributed by atoms with van der Waals surface area (Å²) in [5.41, 5.74) is 7.27. The highest BCUT2D eigenvalue weighted by atomic mass is 19.1. The van der Waals surface area contributed by atoms with Crippen LogP contribution in [0.1, 0.15) is 36.4 Å². The van der Waals surface area contributed by atoms with E-state index in [0.29, 0.717) is 6.04 Å². The Hall–Kier alpha value is -1.44. The SMILES string of the molecule is N#Cc1cc(C2C(N)CCN2C2CC2)ccc1F. The minimum Gasteiger partial charge on any atom is -0.326 e. The lowest BCUT2D eigenvalue weighted by Gasteiger charge is -2.27. The molecule has 4 heteroatoms. The van der Waals surface area contributed by atoms with Crippen molar-refractivity contribution in [3.63, 3.8) is 0 Å². The number of nitrogens with zero attached hydrogens (tertiary/aromatic N) is 2. The lowest BCUT2D eigenvalue weighted by atomic mass is 9.98. The van der Waals surface area contributed by atoms with Gasteiger partial charge in [-0.3, -0.25) is 4.90 Å². The molecule has 0 aromatic heterocycles. The standard InChI is InChI=1S/C14H16FN3/c15-12-4-1-9(7-10(12)8-16)14-13(17)5-6-18(14)11-2-3-11/h1,4,7,11,13-14H,2-3,5-6,17H2. The second-order valence-electron chi connectivity index (χ2n) is 5.22. The summed E-state index contributed by atoms with van der Waals surface area (Å²) in [7, 11) is 0. The lowest BCUT2D eigenvalue weighted by molar-refractivity contribution is 0.237. The van der Waals surface area contributed by atoms with Crippen LogP contribution in [0.5, 0.6) is 0 Å². The van der Waals surface area contributed by atoms with Crippen LogP contribution in [-0.2, 0) is 0 Å². The van der Waals surface area contributed by atoms with Crippen LogP contribution in [0.25, 0.3) is 0 Å². The van der Waals surface area contributed by atoms with E-state index in [1.807, 2.05) is 6.07 Å². The van der Waals surface area contributed by atoms with Crippen LogP contribution in [0.4, 0.5) is 4.39 Å². The summed E-state index contributed by atoms with van der Waals surface area (Å²) in [6.45, 7) is 1.01. The van der Waals surface area contributed by atoms with Crippen LogP contribution in [0.2, 0.25) is 0 Å².